The van der Waals surface area contributed by atoms with Crippen LogP contribution in [0.4, 0.5) is 4.79 Å². The molecular formula is C9H17N3O4. The zero-order valence-electron chi connectivity index (χ0n) is 9.45. The van der Waals surface area contributed by atoms with Crippen molar-refractivity contribution in [1.82, 2.24) is 15.5 Å². The van der Waals surface area contributed by atoms with Gasteiger partial charge in [-0.15, -0.1) is 0 Å². The number of amides is 3. The smallest absolute Gasteiger partial charge is 0.317 e. The van der Waals surface area contributed by atoms with Crippen LogP contribution in [0.5, 0.6) is 0 Å². The topological polar surface area (TPSA) is 98.7 Å². The minimum Gasteiger partial charge on any atom is -0.481 e. The molecule has 0 fully saturated rings. The summed E-state index contributed by atoms with van der Waals surface area (Å²) in [4.78, 5) is 33.7. The Morgan fingerprint density at radius 2 is 1.94 bits per heavy atom. The average molecular weight is 231 g/mol. The molecular weight excluding hydrogens is 214 g/mol. The molecule has 3 N–H and O–H groups in total. The van der Waals surface area contributed by atoms with Gasteiger partial charge in [0, 0.05) is 27.1 Å². The molecule has 0 spiro atoms. The summed E-state index contributed by atoms with van der Waals surface area (Å²) in [5, 5.41) is 13.3. The summed E-state index contributed by atoms with van der Waals surface area (Å²) in [6.07, 6.45) is 0.383. The van der Waals surface area contributed by atoms with Gasteiger partial charge in [-0.05, 0) is 6.42 Å². The van der Waals surface area contributed by atoms with Crippen molar-refractivity contribution in [2.24, 2.45) is 0 Å². The summed E-state index contributed by atoms with van der Waals surface area (Å²) in [6.45, 7) is 0.254. The van der Waals surface area contributed by atoms with E-state index in [2.05, 4.69) is 10.6 Å². The third kappa shape index (κ3) is 6.63. The first-order chi connectivity index (χ1) is 7.47. The molecule has 0 rings (SSSR count). The van der Waals surface area contributed by atoms with Crippen molar-refractivity contribution in [2.75, 3.05) is 27.2 Å². The highest BCUT2D eigenvalue weighted by atomic mass is 16.4. The maximum Gasteiger partial charge on any atom is 0.317 e. The van der Waals surface area contributed by atoms with Gasteiger partial charge < -0.3 is 20.6 Å². The van der Waals surface area contributed by atoms with Crippen molar-refractivity contribution < 1.29 is 19.5 Å². The largest absolute Gasteiger partial charge is 0.481 e. The fraction of sp³-hybridized carbons (Fsp3) is 0.667. The Balaban J connectivity index is 3.71. The Labute approximate surface area is 93.8 Å². The molecule has 0 bridgehead atoms. The van der Waals surface area contributed by atoms with E-state index in [4.69, 9.17) is 5.11 Å². The molecule has 16 heavy (non-hydrogen) atoms. The summed E-state index contributed by atoms with van der Waals surface area (Å²) in [5.41, 5.74) is 0. The third-order valence-corrected chi connectivity index (χ3v) is 1.85. The highest BCUT2D eigenvalue weighted by Crippen LogP contribution is 1.88. The Bertz CT molecular complexity index is 267. The molecule has 0 saturated heterocycles. The van der Waals surface area contributed by atoms with Gasteiger partial charge in [-0.3, -0.25) is 9.59 Å². The predicted molar refractivity (Wildman–Crippen MR) is 57.0 cm³/mol. The van der Waals surface area contributed by atoms with Gasteiger partial charge in [0.1, 0.15) is 6.54 Å². The number of nitrogens with one attached hydrogen (secondary N) is 2. The van der Waals surface area contributed by atoms with Gasteiger partial charge in [0.15, 0.2) is 0 Å². The van der Waals surface area contributed by atoms with E-state index < -0.39 is 12.0 Å². The number of likely N-dealkylation sites (N-methyl/N-ethyl adjacent to an activating group) is 2. The molecule has 0 aliphatic rings. The lowest BCUT2D eigenvalue weighted by Gasteiger charge is -2.16. The van der Waals surface area contributed by atoms with Gasteiger partial charge in [-0.1, -0.05) is 0 Å². The second-order valence-electron chi connectivity index (χ2n) is 3.26. The Hall–Kier alpha value is -1.79. The van der Waals surface area contributed by atoms with E-state index in [1.54, 1.807) is 0 Å². The quantitative estimate of drug-likeness (QED) is 0.523. The van der Waals surface area contributed by atoms with Gasteiger partial charge in [0.05, 0.1) is 0 Å². The van der Waals surface area contributed by atoms with Crippen LogP contribution in [0.15, 0.2) is 0 Å². The van der Waals surface area contributed by atoms with E-state index in [0.29, 0.717) is 6.42 Å². The number of carbonyl (C=O) groups is 3. The van der Waals surface area contributed by atoms with Crippen LogP contribution in [0.25, 0.3) is 0 Å². The number of carboxylic acid groups (broad SMARTS) is 1. The van der Waals surface area contributed by atoms with E-state index >= 15 is 0 Å². The van der Waals surface area contributed by atoms with Gasteiger partial charge >= 0.3 is 12.0 Å². The second kappa shape index (κ2) is 7.49. The van der Waals surface area contributed by atoms with E-state index in [9.17, 15) is 14.4 Å². The molecule has 7 heteroatoms. The Morgan fingerprint density at radius 1 is 1.31 bits per heavy atom. The van der Waals surface area contributed by atoms with Gasteiger partial charge in [-0.2, -0.15) is 0 Å². The molecule has 0 saturated carbocycles. The first-order valence-corrected chi connectivity index (χ1v) is 4.88. The average Bonchev–Trinajstić information content (AvgIpc) is 2.23. The molecule has 0 aliphatic heterocycles. The first-order valence-electron chi connectivity index (χ1n) is 4.88. The van der Waals surface area contributed by atoms with Crippen molar-refractivity contribution in [3.63, 3.8) is 0 Å². The van der Waals surface area contributed by atoms with Crippen LogP contribution in [0, 0.1) is 0 Å². The summed E-state index contributed by atoms with van der Waals surface area (Å²) >= 11 is 0. The van der Waals surface area contributed by atoms with Crippen LogP contribution in [-0.2, 0) is 9.59 Å². The standard InChI is InChI=1S/C9H17N3O4/c1-10-7(13)6-12(2)9(16)11-5-3-4-8(14)15/h3-6H2,1-2H3,(H,10,13)(H,11,16)(H,14,15). The fourth-order valence-corrected chi connectivity index (χ4v) is 0.936. The number of aliphatic carboxylic acids is 1. The lowest BCUT2D eigenvalue weighted by Crippen LogP contribution is -2.42. The monoisotopic (exact) mass is 231 g/mol. The maximum atomic E-state index is 11.3. The van der Waals surface area contributed by atoms with E-state index in [1.807, 2.05) is 0 Å². The molecule has 0 aromatic heterocycles. The summed E-state index contributed by atoms with van der Waals surface area (Å²) < 4.78 is 0. The van der Waals surface area contributed by atoms with Crippen LogP contribution in [0.2, 0.25) is 0 Å². The van der Waals surface area contributed by atoms with Crippen molar-refractivity contribution in [1.29, 1.82) is 0 Å². The summed E-state index contributed by atoms with van der Waals surface area (Å²) in [7, 11) is 2.97. The van der Waals surface area contributed by atoms with Crippen LogP contribution in [0.1, 0.15) is 12.8 Å². The Morgan fingerprint density at radius 3 is 2.44 bits per heavy atom. The van der Waals surface area contributed by atoms with Crippen LogP contribution in [0.3, 0.4) is 0 Å². The molecule has 0 aromatic carbocycles. The SMILES string of the molecule is CNC(=O)CN(C)C(=O)NCCCC(=O)O. The molecule has 0 aromatic rings. The van der Waals surface area contributed by atoms with Gasteiger partial charge in [0.2, 0.25) is 5.91 Å². The molecule has 92 valence electrons. The van der Waals surface area contributed by atoms with E-state index in [0.717, 1.165) is 0 Å². The zero-order valence-corrected chi connectivity index (χ0v) is 9.45. The van der Waals surface area contributed by atoms with Crippen LogP contribution >= 0.6 is 0 Å². The van der Waals surface area contributed by atoms with Crippen molar-refractivity contribution >= 4 is 17.9 Å². The van der Waals surface area contributed by atoms with Crippen molar-refractivity contribution in [2.45, 2.75) is 12.8 Å². The molecule has 0 atom stereocenters. The normalized spacial score (nSPS) is 9.38. The number of hydrogen-bond donors (Lipinski definition) is 3. The summed E-state index contributed by atoms with van der Waals surface area (Å²) in [5.74, 6) is -1.16. The van der Waals surface area contributed by atoms with Crippen molar-refractivity contribution in [3.05, 3.63) is 0 Å². The molecule has 0 radical (unpaired) electrons. The number of carboxylic acids is 1. The lowest BCUT2D eigenvalue weighted by atomic mass is 10.3. The van der Waals surface area contributed by atoms with Crippen LogP contribution < -0.4 is 10.6 Å². The van der Waals surface area contributed by atoms with E-state index in [1.165, 1.54) is 19.0 Å². The van der Waals surface area contributed by atoms with Gasteiger partial charge in [0.25, 0.3) is 0 Å². The Kier molecular flexibility index (Phi) is 6.66. The summed E-state index contributed by atoms with van der Waals surface area (Å²) in [6, 6.07) is -0.394. The zero-order chi connectivity index (χ0) is 12.6. The number of carbonyl (C=O) groups excluding carboxylic acids is 2. The fourth-order valence-electron chi connectivity index (χ4n) is 0.936. The highest BCUT2D eigenvalue weighted by Gasteiger charge is 2.10. The first kappa shape index (κ1) is 14.2. The van der Waals surface area contributed by atoms with Crippen LogP contribution in [-0.4, -0.2) is 55.1 Å². The van der Waals surface area contributed by atoms with Gasteiger partial charge in [-0.25, -0.2) is 4.79 Å². The molecule has 3 amide bonds. The molecule has 0 aliphatic carbocycles. The number of hydrogen-bond acceptors (Lipinski definition) is 3. The molecule has 0 unspecified atom stereocenters. The number of urea groups is 1. The molecule has 7 nitrogen and oxygen atoms in total. The number of nitrogens with zero attached hydrogens (tertiary/aromatic N) is 1. The lowest BCUT2D eigenvalue weighted by molar-refractivity contribution is -0.137. The third-order valence-electron chi connectivity index (χ3n) is 1.85. The maximum absolute atomic E-state index is 11.3. The van der Waals surface area contributed by atoms with Crippen molar-refractivity contribution in [3.8, 4) is 0 Å². The minimum atomic E-state index is -0.895. The minimum absolute atomic E-state index is 0.0133. The predicted octanol–water partition coefficient (Wildman–Crippen LogP) is -0.761. The second-order valence-corrected chi connectivity index (χ2v) is 3.26. The number of rotatable bonds is 6. The van der Waals surface area contributed by atoms with E-state index in [-0.39, 0.29) is 25.4 Å². The highest BCUT2D eigenvalue weighted by molar-refractivity contribution is 5.83. The molecule has 0 heterocycles.